The Morgan fingerprint density at radius 3 is 2.32 bits per heavy atom. The first-order valence-electron chi connectivity index (χ1n) is 7.40. The number of alkyl halides is 1. The van der Waals surface area contributed by atoms with Gasteiger partial charge < -0.3 is 10.0 Å². The predicted octanol–water partition coefficient (Wildman–Crippen LogP) is 4.82. The van der Waals surface area contributed by atoms with Crippen LogP contribution >= 0.6 is 34.8 Å². The van der Waals surface area contributed by atoms with E-state index in [-0.39, 0.29) is 23.9 Å². The molecule has 2 aromatic carbocycles. The SMILES string of the molecule is [CH2]CC(O)(CN(C(=O)CCl)c1ccc(F)cc1)c1ccc(Cl)c(Cl)c1. The molecule has 0 saturated heterocycles. The van der Waals surface area contributed by atoms with E-state index in [9.17, 15) is 14.3 Å². The molecule has 0 aliphatic carbocycles. The normalized spacial score (nSPS) is 13.4. The average Bonchev–Trinajstić information content (AvgIpc) is 2.62. The molecule has 7 heteroatoms. The van der Waals surface area contributed by atoms with Crippen LogP contribution in [-0.4, -0.2) is 23.4 Å². The van der Waals surface area contributed by atoms with Gasteiger partial charge in [-0.2, -0.15) is 0 Å². The molecule has 0 heterocycles. The van der Waals surface area contributed by atoms with Crippen molar-refractivity contribution in [1.29, 1.82) is 0 Å². The summed E-state index contributed by atoms with van der Waals surface area (Å²) in [5.74, 6) is -1.15. The molecule has 3 nitrogen and oxygen atoms in total. The Labute approximate surface area is 160 Å². The summed E-state index contributed by atoms with van der Waals surface area (Å²) in [6.45, 7) is 3.66. The van der Waals surface area contributed by atoms with Crippen molar-refractivity contribution in [1.82, 2.24) is 0 Å². The maximum atomic E-state index is 13.2. The first-order chi connectivity index (χ1) is 11.8. The molecule has 133 valence electrons. The number of aliphatic hydroxyl groups is 1. The van der Waals surface area contributed by atoms with Crippen LogP contribution in [0.15, 0.2) is 42.5 Å². The fraction of sp³-hybridized carbons (Fsp3) is 0.222. The monoisotopic (exact) mass is 402 g/mol. The van der Waals surface area contributed by atoms with Gasteiger partial charge in [-0.05, 0) is 48.4 Å². The molecule has 25 heavy (non-hydrogen) atoms. The molecular formula is C18H16Cl3FNO2. The highest BCUT2D eigenvalue weighted by Crippen LogP contribution is 2.32. The van der Waals surface area contributed by atoms with Crippen molar-refractivity contribution in [2.45, 2.75) is 12.0 Å². The predicted molar refractivity (Wildman–Crippen MR) is 99.8 cm³/mol. The fourth-order valence-electron chi connectivity index (χ4n) is 2.38. The number of benzene rings is 2. The summed E-state index contributed by atoms with van der Waals surface area (Å²) in [7, 11) is 0. The van der Waals surface area contributed by atoms with Gasteiger partial charge >= 0.3 is 0 Å². The Morgan fingerprint density at radius 1 is 1.16 bits per heavy atom. The van der Waals surface area contributed by atoms with E-state index in [1.54, 1.807) is 12.1 Å². The van der Waals surface area contributed by atoms with E-state index >= 15 is 0 Å². The molecule has 0 aromatic heterocycles. The van der Waals surface area contributed by atoms with Crippen LogP contribution in [0.1, 0.15) is 12.0 Å². The summed E-state index contributed by atoms with van der Waals surface area (Å²) in [4.78, 5) is 13.6. The minimum atomic E-state index is -1.48. The van der Waals surface area contributed by atoms with E-state index in [0.717, 1.165) is 0 Å². The molecule has 0 saturated carbocycles. The number of rotatable bonds is 6. The molecule has 1 unspecified atom stereocenters. The number of hydrogen-bond acceptors (Lipinski definition) is 2. The van der Waals surface area contributed by atoms with Crippen molar-refractivity contribution in [3.05, 3.63) is 70.8 Å². The molecule has 2 aromatic rings. The third kappa shape index (κ3) is 4.64. The average molecular weight is 404 g/mol. The molecule has 0 aliphatic rings. The zero-order valence-corrected chi connectivity index (χ0v) is 15.5. The van der Waals surface area contributed by atoms with E-state index in [4.69, 9.17) is 34.8 Å². The highest BCUT2D eigenvalue weighted by molar-refractivity contribution is 6.42. The van der Waals surface area contributed by atoms with Crippen LogP contribution < -0.4 is 4.90 Å². The largest absolute Gasteiger partial charge is 0.383 e. The first kappa shape index (κ1) is 20.0. The molecule has 1 atom stereocenters. The number of halogens is 4. The number of amides is 1. The standard InChI is InChI=1S/C18H16Cl3FNO2/c1-2-18(25,12-3-8-15(20)16(21)9-12)11-23(17(24)10-19)14-6-4-13(22)5-7-14/h3-9,25H,1-2,10-11H2. The van der Waals surface area contributed by atoms with Crippen molar-refractivity contribution < 1.29 is 14.3 Å². The van der Waals surface area contributed by atoms with Gasteiger partial charge in [0.1, 0.15) is 17.3 Å². The molecule has 1 N–H and O–H groups in total. The lowest BCUT2D eigenvalue weighted by Gasteiger charge is -2.34. The number of nitrogens with zero attached hydrogens (tertiary/aromatic N) is 1. The van der Waals surface area contributed by atoms with Crippen LogP contribution in [0, 0.1) is 12.7 Å². The molecular weight excluding hydrogens is 388 g/mol. The van der Waals surface area contributed by atoms with Gasteiger partial charge in [0.25, 0.3) is 0 Å². The highest BCUT2D eigenvalue weighted by Gasteiger charge is 2.33. The molecule has 1 radical (unpaired) electrons. The van der Waals surface area contributed by atoms with Crippen LogP contribution in [0.4, 0.5) is 10.1 Å². The van der Waals surface area contributed by atoms with Crippen molar-refractivity contribution in [2.24, 2.45) is 0 Å². The lowest BCUT2D eigenvalue weighted by atomic mass is 9.90. The van der Waals surface area contributed by atoms with Crippen LogP contribution in [0.2, 0.25) is 10.0 Å². The Balaban J connectivity index is 2.41. The van der Waals surface area contributed by atoms with Gasteiger partial charge in [-0.3, -0.25) is 4.79 Å². The topological polar surface area (TPSA) is 40.5 Å². The minimum Gasteiger partial charge on any atom is -0.383 e. The molecule has 0 fully saturated rings. The number of carbonyl (C=O) groups excluding carboxylic acids is 1. The summed E-state index contributed by atoms with van der Waals surface area (Å²) in [6, 6.07) is 10.1. The second-order valence-corrected chi connectivity index (χ2v) is 6.58. The van der Waals surface area contributed by atoms with Gasteiger partial charge in [-0.1, -0.05) is 36.2 Å². The lowest BCUT2D eigenvalue weighted by molar-refractivity contribution is -0.117. The zero-order valence-electron chi connectivity index (χ0n) is 13.2. The van der Waals surface area contributed by atoms with E-state index in [1.807, 2.05) is 0 Å². The van der Waals surface area contributed by atoms with Crippen molar-refractivity contribution >= 4 is 46.4 Å². The van der Waals surface area contributed by atoms with Crippen molar-refractivity contribution in [2.75, 3.05) is 17.3 Å². The molecule has 0 bridgehead atoms. The van der Waals surface area contributed by atoms with Gasteiger partial charge in [0.2, 0.25) is 5.91 Å². The Hall–Kier alpha value is -1.33. The van der Waals surface area contributed by atoms with Crippen LogP contribution in [0.5, 0.6) is 0 Å². The number of carbonyl (C=O) groups is 1. The maximum absolute atomic E-state index is 13.2. The quantitative estimate of drug-likeness (QED) is 0.703. The number of anilines is 1. The van der Waals surface area contributed by atoms with Crippen molar-refractivity contribution in [3.8, 4) is 0 Å². The first-order valence-corrected chi connectivity index (χ1v) is 8.69. The second-order valence-electron chi connectivity index (χ2n) is 5.50. The summed E-state index contributed by atoms with van der Waals surface area (Å²) in [5.41, 5.74) is -0.602. The van der Waals surface area contributed by atoms with E-state index in [1.165, 1.54) is 35.2 Å². The summed E-state index contributed by atoms with van der Waals surface area (Å²) >= 11 is 17.6. The number of hydrogen-bond donors (Lipinski definition) is 1. The Bertz CT molecular complexity index is 754. The summed E-state index contributed by atoms with van der Waals surface area (Å²) in [6.07, 6.45) is 0.0677. The maximum Gasteiger partial charge on any atom is 0.242 e. The summed E-state index contributed by atoms with van der Waals surface area (Å²) < 4.78 is 13.2. The van der Waals surface area contributed by atoms with E-state index < -0.39 is 17.3 Å². The van der Waals surface area contributed by atoms with Crippen molar-refractivity contribution in [3.63, 3.8) is 0 Å². The molecule has 2 rings (SSSR count). The van der Waals surface area contributed by atoms with Crippen LogP contribution in [0.3, 0.4) is 0 Å². The Kier molecular flexibility index (Phi) is 6.69. The third-order valence-electron chi connectivity index (χ3n) is 3.84. The van der Waals surface area contributed by atoms with E-state index in [0.29, 0.717) is 16.3 Å². The molecule has 1 amide bonds. The Morgan fingerprint density at radius 2 is 1.80 bits per heavy atom. The highest BCUT2D eigenvalue weighted by atomic mass is 35.5. The summed E-state index contributed by atoms with van der Waals surface area (Å²) in [5, 5.41) is 11.7. The van der Waals surface area contributed by atoms with Crippen LogP contribution in [0.25, 0.3) is 0 Å². The van der Waals surface area contributed by atoms with Gasteiger partial charge in [-0.15, -0.1) is 11.6 Å². The fourth-order valence-corrected chi connectivity index (χ4v) is 2.82. The van der Waals surface area contributed by atoms with E-state index in [2.05, 4.69) is 6.92 Å². The van der Waals surface area contributed by atoms with Gasteiger partial charge in [-0.25, -0.2) is 4.39 Å². The van der Waals surface area contributed by atoms with Gasteiger partial charge in [0.15, 0.2) is 0 Å². The van der Waals surface area contributed by atoms with Gasteiger partial charge in [0.05, 0.1) is 16.6 Å². The smallest absolute Gasteiger partial charge is 0.242 e. The van der Waals surface area contributed by atoms with Crippen LogP contribution in [-0.2, 0) is 10.4 Å². The van der Waals surface area contributed by atoms with Gasteiger partial charge in [0, 0.05) is 5.69 Å². The molecule has 0 aliphatic heterocycles. The second kappa shape index (κ2) is 8.37. The third-order valence-corrected chi connectivity index (χ3v) is 4.81. The zero-order chi connectivity index (χ0) is 18.6. The minimum absolute atomic E-state index is 0.0677. The molecule has 0 spiro atoms. The lowest BCUT2D eigenvalue weighted by Crippen LogP contribution is -2.44.